The molecule has 17 heavy (non-hydrogen) atoms. The minimum absolute atomic E-state index is 0.0346. The summed E-state index contributed by atoms with van der Waals surface area (Å²) in [6.45, 7) is 4.25. The van der Waals surface area contributed by atoms with E-state index in [4.69, 9.17) is 10.5 Å². The molecule has 1 aliphatic heterocycles. The van der Waals surface area contributed by atoms with Crippen molar-refractivity contribution >= 4 is 11.8 Å². The smallest absolute Gasteiger partial charge is 0.243 e. The minimum Gasteiger partial charge on any atom is -0.370 e. The molecule has 0 aromatic heterocycles. The Labute approximate surface area is 101 Å². The third-order valence-corrected chi connectivity index (χ3v) is 2.92. The first-order chi connectivity index (χ1) is 8.04. The van der Waals surface area contributed by atoms with Gasteiger partial charge in [-0.15, -0.1) is 0 Å². The Bertz CT molecular complexity index is 275. The number of carbonyl (C=O) groups is 2. The molecule has 2 amide bonds. The van der Waals surface area contributed by atoms with Crippen LogP contribution in [0.3, 0.4) is 0 Å². The summed E-state index contributed by atoms with van der Waals surface area (Å²) in [5.41, 5.74) is 4.58. The van der Waals surface area contributed by atoms with Gasteiger partial charge in [0.1, 0.15) is 6.61 Å². The minimum atomic E-state index is -0.500. The molecule has 0 bridgehead atoms. The van der Waals surface area contributed by atoms with Gasteiger partial charge in [-0.1, -0.05) is 0 Å². The fraction of sp³-hybridized carbons (Fsp3) is 0.818. The van der Waals surface area contributed by atoms with Crippen LogP contribution in [0.1, 0.15) is 19.8 Å². The van der Waals surface area contributed by atoms with E-state index >= 15 is 0 Å². The molecule has 1 atom stereocenters. The quantitative estimate of drug-likeness (QED) is 0.521. The fourth-order valence-electron chi connectivity index (χ4n) is 1.87. The Balaban J connectivity index is 2.17. The van der Waals surface area contributed by atoms with Crippen LogP contribution in [0.2, 0.25) is 0 Å². The summed E-state index contributed by atoms with van der Waals surface area (Å²) in [5.74, 6) is -0.466. The van der Waals surface area contributed by atoms with E-state index in [0.717, 1.165) is 19.4 Å². The molecule has 1 saturated heterocycles. The van der Waals surface area contributed by atoms with Crippen LogP contribution in [-0.2, 0) is 14.3 Å². The van der Waals surface area contributed by atoms with Crippen molar-refractivity contribution in [3.8, 4) is 0 Å². The second-order valence-electron chi connectivity index (χ2n) is 4.62. The van der Waals surface area contributed by atoms with Crippen LogP contribution in [0.5, 0.6) is 0 Å². The molecule has 0 aromatic carbocycles. The van der Waals surface area contributed by atoms with Crippen LogP contribution < -0.4 is 16.4 Å². The maximum atomic E-state index is 11.9. The van der Waals surface area contributed by atoms with Gasteiger partial charge in [0.05, 0.1) is 12.0 Å². The normalized spacial score (nSPS) is 24.3. The Morgan fingerprint density at radius 3 is 2.88 bits per heavy atom. The second-order valence-corrected chi connectivity index (χ2v) is 4.62. The molecule has 0 spiro atoms. The number of ether oxygens (including phenoxy) is 1. The van der Waals surface area contributed by atoms with Crippen LogP contribution in [0.15, 0.2) is 0 Å². The molecule has 1 unspecified atom stereocenters. The van der Waals surface area contributed by atoms with Crippen molar-refractivity contribution in [2.75, 3.05) is 32.8 Å². The molecule has 4 N–H and O–H groups in total. The molecule has 1 heterocycles. The predicted molar refractivity (Wildman–Crippen MR) is 63.2 cm³/mol. The molecule has 0 radical (unpaired) electrons. The number of amides is 2. The van der Waals surface area contributed by atoms with Gasteiger partial charge in [-0.25, -0.2) is 0 Å². The Morgan fingerprint density at radius 2 is 2.29 bits per heavy atom. The van der Waals surface area contributed by atoms with Gasteiger partial charge in [-0.05, 0) is 26.3 Å². The van der Waals surface area contributed by atoms with Crippen LogP contribution in [0.25, 0.3) is 0 Å². The van der Waals surface area contributed by atoms with Crippen molar-refractivity contribution in [3.63, 3.8) is 0 Å². The third kappa shape index (κ3) is 4.70. The second kappa shape index (κ2) is 6.56. The maximum absolute atomic E-state index is 11.9. The number of primary amides is 1. The number of rotatable bonds is 6. The highest BCUT2D eigenvalue weighted by Crippen LogP contribution is 2.25. The lowest BCUT2D eigenvalue weighted by atomic mass is 9.82. The molecular formula is C11H21N3O3. The van der Waals surface area contributed by atoms with Crippen LogP contribution >= 0.6 is 0 Å². The number of hydrogen-bond acceptors (Lipinski definition) is 4. The summed E-state index contributed by atoms with van der Waals surface area (Å²) < 4.78 is 4.96. The molecular weight excluding hydrogens is 222 g/mol. The summed E-state index contributed by atoms with van der Waals surface area (Å²) in [7, 11) is 0. The highest BCUT2D eigenvalue weighted by molar-refractivity contribution is 5.82. The van der Waals surface area contributed by atoms with Gasteiger partial charge in [0, 0.05) is 13.1 Å². The first-order valence-corrected chi connectivity index (χ1v) is 5.90. The van der Waals surface area contributed by atoms with E-state index in [1.54, 1.807) is 0 Å². The maximum Gasteiger partial charge on any atom is 0.243 e. The first kappa shape index (κ1) is 13.9. The number of carbonyl (C=O) groups excluding carboxylic acids is 2. The molecule has 0 aromatic rings. The van der Waals surface area contributed by atoms with Crippen molar-refractivity contribution < 1.29 is 14.3 Å². The SMILES string of the molecule is CC1(C(=O)NCCOCC(N)=O)CCCNC1. The predicted octanol–water partition coefficient (Wildman–Crippen LogP) is -1.01. The van der Waals surface area contributed by atoms with Crippen molar-refractivity contribution in [2.24, 2.45) is 11.1 Å². The number of hydrogen-bond donors (Lipinski definition) is 3. The highest BCUT2D eigenvalue weighted by Gasteiger charge is 2.34. The van der Waals surface area contributed by atoms with E-state index in [-0.39, 0.29) is 17.9 Å². The lowest BCUT2D eigenvalue weighted by Crippen LogP contribution is -2.49. The average Bonchev–Trinajstić information content (AvgIpc) is 2.29. The van der Waals surface area contributed by atoms with Crippen LogP contribution in [-0.4, -0.2) is 44.7 Å². The number of piperidine rings is 1. The molecule has 1 aliphatic rings. The van der Waals surface area contributed by atoms with E-state index in [1.807, 2.05) is 6.92 Å². The first-order valence-electron chi connectivity index (χ1n) is 5.90. The summed E-state index contributed by atoms with van der Waals surface area (Å²) in [5, 5.41) is 6.03. The van der Waals surface area contributed by atoms with Crippen molar-refractivity contribution in [1.29, 1.82) is 0 Å². The summed E-state index contributed by atoms with van der Waals surface area (Å²) in [6.07, 6.45) is 1.91. The van der Waals surface area contributed by atoms with Gasteiger partial charge >= 0.3 is 0 Å². The Morgan fingerprint density at radius 1 is 1.53 bits per heavy atom. The molecule has 1 fully saturated rings. The van der Waals surface area contributed by atoms with Gasteiger partial charge in [-0.2, -0.15) is 0 Å². The molecule has 0 aliphatic carbocycles. The standard InChI is InChI=1S/C11H21N3O3/c1-11(3-2-4-13-8-11)10(16)14-5-6-17-7-9(12)15/h13H,2-8H2,1H3,(H2,12,15)(H,14,16). The van der Waals surface area contributed by atoms with Gasteiger partial charge in [0.2, 0.25) is 11.8 Å². The summed E-state index contributed by atoms with van der Waals surface area (Å²) in [6, 6.07) is 0. The largest absolute Gasteiger partial charge is 0.370 e. The van der Waals surface area contributed by atoms with Gasteiger partial charge in [0.25, 0.3) is 0 Å². The monoisotopic (exact) mass is 243 g/mol. The Kier molecular flexibility index (Phi) is 5.37. The van der Waals surface area contributed by atoms with Gasteiger partial charge in [-0.3, -0.25) is 9.59 Å². The van der Waals surface area contributed by atoms with E-state index in [9.17, 15) is 9.59 Å². The van der Waals surface area contributed by atoms with Crippen LogP contribution in [0.4, 0.5) is 0 Å². The molecule has 1 rings (SSSR count). The zero-order valence-corrected chi connectivity index (χ0v) is 10.3. The zero-order chi connectivity index (χ0) is 12.7. The molecule has 6 nitrogen and oxygen atoms in total. The van der Waals surface area contributed by atoms with E-state index < -0.39 is 5.91 Å². The van der Waals surface area contributed by atoms with E-state index in [1.165, 1.54) is 0 Å². The number of nitrogens with one attached hydrogen (secondary N) is 2. The lowest BCUT2D eigenvalue weighted by molar-refractivity contribution is -0.131. The highest BCUT2D eigenvalue weighted by atomic mass is 16.5. The van der Waals surface area contributed by atoms with E-state index in [2.05, 4.69) is 10.6 Å². The van der Waals surface area contributed by atoms with Gasteiger partial charge < -0.3 is 21.1 Å². The summed E-state index contributed by atoms with van der Waals surface area (Å²) >= 11 is 0. The van der Waals surface area contributed by atoms with Crippen molar-refractivity contribution in [1.82, 2.24) is 10.6 Å². The summed E-state index contributed by atoms with van der Waals surface area (Å²) in [4.78, 5) is 22.3. The topological polar surface area (TPSA) is 93.4 Å². The molecule has 6 heteroatoms. The fourth-order valence-corrected chi connectivity index (χ4v) is 1.87. The van der Waals surface area contributed by atoms with Crippen molar-refractivity contribution in [2.45, 2.75) is 19.8 Å². The zero-order valence-electron chi connectivity index (χ0n) is 10.3. The average molecular weight is 243 g/mol. The molecule has 98 valence electrons. The van der Waals surface area contributed by atoms with Crippen LogP contribution in [0, 0.1) is 5.41 Å². The third-order valence-electron chi connectivity index (χ3n) is 2.92. The van der Waals surface area contributed by atoms with E-state index in [0.29, 0.717) is 19.7 Å². The van der Waals surface area contributed by atoms with Gasteiger partial charge in [0.15, 0.2) is 0 Å². The Hall–Kier alpha value is -1.14. The lowest BCUT2D eigenvalue weighted by Gasteiger charge is -2.32. The molecule has 0 saturated carbocycles. The van der Waals surface area contributed by atoms with Crippen molar-refractivity contribution in [3.05, 3.63) is 0 Å². The number of nitrogens with two attached hydrogens (primary N) is 1.